The van der Waals surface area contributed by atoms with Crippen LogP contribution in [-0.4, -0.2) is 41.4 Å². The largest absolute Gasteiger partial charge is 0.467 e. The van der Waals surface area contributed by atoms with Crippen LogP contribution in [0.5, 0.6) is 6.01 Å². The van der Waals surface area contributed by atoms with Crippen LogP contribution in [0.2, 0.25) is 0 Å². The summed E-state index contributed by atoms with van der Waals surface area (Å²) < 4.78 is 30.7. The van der Waals surface area contributed by atoms with Crippen LogP contribution in [0.15, 0.2) is 24.3 Å². The number of ether oxygens (including phenoxy) is 1. The van der Waals surface area contributed by atoms with E-state index >= 15 is 0 Å². The number of anilines is 1. The number of amides is 2. The number of aromatic nitrogens is 3. The molecule has 0 spiro atoms. The minimum absolute atomic E-state index is 0.0597. The number of rotatable bonds is 6. The molecular weight excluding hydrogens is 368 g/mol. The lowest BCUT2D eigenvalue weighted by atomic mass is 10.2. The molecule has 0 radical (unpaired) electrons. The highest BCUT2D eigenvalue weighted by atomic mass is 32.2. The number of nitrogens with zero attached hydrogens (tertiary/aromatic N) is 4. The van der Waals surface area contributed by atoms with Gasteiger partial charge in [-0.05, 0) is 6.92 Å². The van der Waals surface area contributed by atoms with Gasteiger partial charge in [-0.25, -0.2) is 17.9 Å². The summed E-state index contributed by atoms with van der Waals surface area (Å²) in [6, 6.07) is 4.13. The summed E-state index contributed by atoms with van der Waals surface area (Å²) in [6.45, 7) is 1.53. The topological polar surface area (TPSA) is 166 Å². The number of methoxy groups -OCH3 is 1. The molecule has 0 bridgehead atoms. The number of sulfonamides is 1. The molecule has 0 aliphatic carbocycles. The number of nitro groups is 1. The molecule has 0 saturated carbocycles. The lowest BCUT2D eigenvalue weighted by Gasteiger charge is -2.09. The fourth-order valence-electron chi connectivity index (χ4n) is 1.92. The zero-order chi connectivity index (χ0) is 19.3. The number of hydrogen-bond acceptors (Lipinski definition) is 9. The maximum atomic E-state index is 12.1. The lowest BCUT2D eigenvalue weighted by molar-refractivity contribution is -0.385. The van der Waals surface area contributed by atoms with Crippen molar-refractivity contribution in [2.24, 2.45) is 0 Å². The first-order chi connectivity index (χ1) is 12.2. The van der Waals surface area contributed by atoms with E-state index in [9.17, 15) is 23.3 Å². The van der Waals surface area contributed by atoms with E-state index in [2.05, 4.69) is 20.3 Å². The smallest absolute Gasteiger partial charge is 0.335 e. The number of para-hydroxylation sites is 1. The summed E-state index contributed by atoms with van der Waals surface area (Å²) in [7, 11) is -2.89. The molecule has 2 aromatic rings. The van der Waals surface area contributed by atoms with Gasteiger partial charge in [-0.1, -0.05) is 18.2 Å². The predicted molar refractivity (Wildman–Crippen MR) is 89.0 cm³/mol. The zero-order valence-electron chi connectivity index (χ0n) is 13.7. The number of carbonyl (C=O) groups excluding carboxylic acids is 1. The maximum absolute atomic E-state index is 12.1. The highest BCUT2D eigenvalue weighted by Gasteiger charge is 2.22. The average molecular weight is 382 g/mol. The summed E-state index contributed by atoms with van der Waals surface area (Å²) >= 11 is 0. The number of nitro benzene ring substituents is 1. The van der Waals surface area contributed by atoms with Gasteiger partial charge in [0.05, 0.1) is 12.0 Å². The molecule has 0 atom stereocenters. The van der Waals surface area contributed by atoms with Gasteiger partial charge >= 0.3 is 12.0 Å². The van der Waals surface area contributed by atoms with Gasteiger partial charge in [0.15, 0.2) is 0 Å². The second kappa shape index (κ2) is 7.69. The van der Waals surface area contributed by atoms with Crippen molar-refractivity contribution in [3.63, 3.8) is 0 Å². The third-order valence-corrected chi connectivity index (χ3v) is 4.10. The van der Waals surface area contributed by atoms with E-state index in [4.69, 9.17) is 4.74 Å². The van der Waals surface area contributed by atoms with E-state index in [-0.39, 0.29) is 29.0 Å². The highest BCUT2D eigenvalue weighted by Crippen LogP contribution is 2.19. The van der Waals surface area contributed by atoms with Gasteiger partial charge in [-0.2, -0.15) is 15.0 Å². The first-order valence-electron chi connectivity index (χ1n) is 7.00. The van der Waals surface area contributed by atoms with Crippen LogP contribution in [0.4, 0.5) is 16.4 Å². The minimum atomic E-state index is -4.20. The van der Waals surface area contributed by atoms with Crippen LogP contribution in [0.1, 0.15) is 11.4 Å². The number of carbonyl (C=O) groups is 1. The molecule has 0 aliphatic rings. The van der Waals surface area contributed by atoms with Crippen molar-refractivity contribution in [1.29, 1.82) is 0 Å². The summed E-state index contributed by atoms with van der Waals surface area (Å²) in [5.41, 5.74) is -0.424. The van der Waals surface area contributed by atoms with Crippen molar-refractivity contribution >= 4 is 27.7 Å². The summed E-state index contributed by atoms with van der Waals surface area (Å²) in [5, 5.41) is 13.1. The normalized spacial score (nSPS) is 10.8. The lowest BCUT2D eigenvalue weighted by Crippen LogP contribution is -2.35. The standard InChI is InChI=1S/C13H14N6O6S/c1-8-14-11(17-13(15-8)25-2)16-12(20)18-26(23,24)7-9-5-3-4-6-10(9)19(21)22/h3-6H,7H2,1-2H3,(H2,14,15,16,17,18,20). The number of nitrogens with one attached hydrogen (secondary N) is 2. The van der Waals surface area contributed by atoms with Crippen LogP contribution in [-0.2, 0) is 15.8 Å². The van der Waals surface area contributed by atoms with Gasteiger partial charge in [-0.3, -0.25) is 15.4 Å². The van der Waals surface area contributed by atoms with Gasteiger partial charge in [0.1, 0.15) is 11.6 Å². The second-order valence-electron chi connectivity index (χ2n) is 4.89. The molecule has 138 valence electrons. The molecule has 2 N–H and O–H groups in total. The van der Waals surface area contributed by atoms with Crippen LogP contribution in [0.25, 0.3) is 0 Å². The van der Waals surface area contributed by atoms with Gasteiger partial charge in [0.25, 0.3) is 5.69 Å². The Balaban J connectivity index is 2.11. The monoisotopic (exact) mass is 382 g/mol. The van der Waals surface area contributed by atoms with Crippen molar-refractivity contribution in [3.05, 3.63) is 45.8 Å². The summed E-state index contributed by atoms with van der Waals surface area (Å²) in [6.07, 6.45) is 0. The van der Waals surface area contributed by atoms with E-state index in [1.165, 1.54) is 38.3 Å². The quantitative estimate of drug-likeness (QED) is 0.541. The van der Waals surface area contributed by atoms with E-state index in [1.54, 1.807) is 4.72 Å². The Labute approximate surface area is 147 Å². The van der Waals surface area contributed by atoms with Crippen LogP contribution >= 0.6 is 0 Å². The molecule has 1 aromatic heterocycles. The molecular formula is C13H14N6O6S. The van der Waals surface area contributed by atoms with Crippen LogP contribution in [0.3, 0.4) is 0 Å². The van der Waals surface area contributed by atoms with Gasteiger partial charge in [0.2, 0.25) is 16.0 Å². The van der Waals surface area contributed by atoms with Crippen LogP contribution in [0, 0.1) is 17.0 Å². The molecule has 12 nitrogen and oxygen atoms in total. The molecule has 0 unspecified atom stereocenters. The minimum Gasteiger partial charge on any atom is -0.467 e. The van der Waals surface area contributed by atoms with Crippen LogP contribution < -0.4 is 14.8 Å². The number of urea groups is 1. The van der Waals surface area contributed by atoms with Gasteiger partial charge < -0.3 is 4.74 Å². The highest BCUT2D eigenvalue weighted by molar-refractivity contribution is 7.89. The average Bonchev–Trinajstić information content (AvgIpc) is 2.53. The first-order valence-corrected chi connectivity index (χ1v) is 8.66. The maximum Gasteiger partial charge on any atom is 0.335 e. The summed E-state index contributed by atoms with van der Waals surface area (Å²) in [5.74, 6) is -0.723. The van der Waals surface area contributed by atoms with Crippen molar-refractivity contribution in [2.75, 3.05) is 12.4 Å². The number of hydrogen-bond donors (Lipinski definition) is 2. The van der Waals surface area contributed by atoms with Crippen molar-refractivity contribution in [2.45, 2.75) is 12.7 Å². The number of aryl methyl sites for hydroxylation is 1. The van der Waals surface area contributed by atoms with E-state index < -0.39 is 26.7 Å². The molecule has 2 rings (SSSR count). The Hall–Kier alpha value is -3.35. The SMILES string of the molecule is COc1nc(C)nc(NC(=O)NS(=O)(=O)Cc2ccccc2[N+](=O)[O-])n1. The molecule has 13 heteroatoms. The molecule has 2 amide bonds. The molecule has 0 aliphatic heterocycles. The fourth-order valence-corrected chi connectivity index (χ4v) is 2.98. The molecule has 26 heavy (non-hydrogen) atoms. The number of benzene rings is 1. The van der Waals surface area contributed by atoms with Gasteiger partial charge in [-0.15, -0.1) is 0 Å². The van der Waals surface area contributed by atoms with Crippen molar-refractivity contribution in [3.8, 4) is 6.01 Å². The molecule has 1 aromatic carbocycles. The van der Waals surface area contributed by atoms with Gasteiger partial charge in [0, 0.05) is 11.6 Å². The van der Waals surface area contributed by atoms with E-state index in [1.807, 2.05) is 0 Å². The second-order valence-corrected chi connectivity index (χ2v) is 6.62. The summed E-state index contributed by atoms with van der Waals surface area (Å²) in [4.78, 5) is 33.5. The molecule has 0 fully saturated rings. The Kier molecular flexibility index (Phi) is 5.61. The van der Waals surface area contributed by atoms with Crippen molar-refractivity contribution in [1.82, 2.24) is 19.7 Å². The van der Waals surface area contributed by atoms with E-state index in [0.717, 1.165) is 0 Å². The Morgan fingerprint density at radius 3 is 2.62 bits per heavy atom. The molecule has 0 saturated heterocycles. The third kappa shape index (κ3) is 5.07. The Morgan fingerprint density at radius 2 is 1.96 bits per heavy atom. The van der Waals surface area contributed by atoms with Crippen molar-refractivity contribution < 1.29 is 22.9 Å². The first kappa shape index (κ1) is 19.0. The zero-order valence-corrected chi connectivity index (χ0v) is 14.5. The predicted octanol–water partition coefficient (Wildman–Crippen LogP) is 0.748. The Bertz CT molecular complexity index is 948. The third-order valence-electron chi connectivity index (χ3n) is 2.92. The fraction of sp³-hybridized carbons (Fsp3) is 0.231. The Morgan fingerprint density at radius 1 is 1.27 bits per heavy atom. The molecule has 1 heterocycles. The van der Waals surface area contributed by atoms with E-state index in [0.29, 0.717) is 0 Å².